The van der Waals surface area contributed by atoms with E-state index >= 15 is 0 Å². The zero-order valence-corrected chi connectivity index (χ0v) is 22.0. The lowest BCUT2D eigenvalue weighted by Gasteiger charge is -2.43. The molecule has 4 heterocycles. The lowest BCUT2D eigenvalue weighted by atomic mass is 9.94. The van der Waals surface area contributed by atoms with E-state index in [1.807, 2.05) is 18.2 Å². The molecule has 6 rings (SSSR count). The monoisotopic (exact) mass is 527 g/mol. The third-order valence-corrected chi connectivity index (χ3v) is 7.76. The van der Waals surface area contributed by atoms with Crippen LogP contribution in [0.2, 0.25) is 0 Å². The van der Waals surface area contributed by atoms with Gasteiger partial charge < -0.3 is 20.0 Å². The number of hydrogen-bond acceptors (Lipinski definition) is 6. The number of nitrogens with zero attached hydrogens (tertiary/aromatic N) is 6. The Labute approximate surface area is 226 Å². The van der Waals surface area contributed by atoms with Gasteiger partial charge in [-0.05, 0) is 54.8 Å². The number of benzene rings is 2. The molecule has 3 amide bonds. The molecule has 0 saturated carbocycles. The number of aromatic nitrogens is 2. The molecule has 1 aromatic heterocycles. The fourth-order valence-electron chi connectivity index (χ4n) is 5.76. The van der Waals surface area contributed by atoms with Crippen LogP contribution in [0.15, 0.2) is 61.1 Å². The Morgan fingerprint density at radius 3 is 2.72 bits per heavy atom. The van der Waals surface area contributed by atoms with Crippen molar-refractivity contribution in [2.75, 3.05) is 42.3 Å². The van der Waals surface area contributed by atoms with Crippen molar-refractivity contribution in [2.24, 2.45) is 0 Å². The van der Waals surface area contributed by atoms with Gasteiger partial charge in [0, 0.05) is 49.8 Å². The molecule has 2 aromatic carbocycles. The number of amides is 3. The largest absolute Gasteiger partial charge is 0.326 e. The van der Waals surface area contributed by atoms with Gasteiger partial charge in [-0.1, -0.05) is 30.8 Å². The van der Waals surface area contributed by atoms with Crippen LogP contribution in [0, 0.1) is 0 Å². The van der Waals surface area contributed by atoms with Crippen molar-refractivity contribution in [3.8, 4) is 0 Å². The number of halogens is 1. The van der Waals surface area contributed by atoms with Crippen molar-refractivity contribution in [1.29, 1.82) is 0 Å². The maximum Gasteiger partial charge on any atom is 0.326 e. The van der Waals surface area contributed by atoms with E-state index in [-0.39, 0.29) is 18.6 Å². The van der Waals surface area contributed by atoms with Crippen LogP contribution in [0.3, 0.4) is 0 Å². The van der Waals surface area contributed by atoms with E-state index in [2.05, 4.69) is 45.9 Å². The number of nitrogens with one attached hydrogen (secondary N) is 1. The van der Waals surface area contributed by atoms with Gasteiger partial charge in [0.1, 0.15) is 5.82 Å². The summed E-state index contributed by atoms with van der Waals surface area (Å²) in [6, 6.07) is 13.1. The molecular weight excluding hydrogens is 497 g/mol. The fourth-order valence-corrected chi connectivity index (χ4v) is 5.76. The second kappa shape index (κ2) is 9.77. The maximum absolute atomic E-state index is 13.7. The third kappa shape index (κ3) is 4.50. The molecule has 9 nitrogen and oxygen atoms in total. The van der Waals surface area contributed by atoms with Gasteiger partial charge in [0.2, 0.25) is 5.95 Å². The van der Waals surface area contributed by atoms with Gasteiger partial charge in [-0.3, -0.25) is 9.69 Å². The first-order valence-electron chi connectivity index (χ1n) is 13.0. The normalized spacial score (nSPS) is 18.8. The van der Waals surface area contributed by atoms with Gasteiger partial charge in [-0.25, -0.2) is 14.2 Å². The molecule has 0 spiro atoms. The maximum atomic E-state index is 13.7. The van der Waals surface area contributed by atoms with Crippen LogP contribution in [0.5, 0.6) is 0 Å². The average Bonchev–Trinajstić information content (AvgIpc) is 2.94. The second-order valence-electron chi connectivity index (χ2n) is 10.3. The summed E-state index contributed by atoms with van der Waals surface area (Å²) in [4.78, 5) is 42.2. The Bertz CT molecular complexity index is 1490. The Kier molecular flexibility index (Phi) is 6.26. The minimum atomic E-state index is -1.00. The molecule has 3 aliphatic heterocycles. The number of likely N-dealkylation sites (N-methyl/N-ethyl adjacent to an activating group) is 1. The summed E-state index contributed by atoms with van der Waals surface area (Å²) in [5, 5.41) is 3.30. The van der Waals surface area contributed by atoms with Gasteiger partial charge in [0.15, 0.2) is 5.83 Å². The molecule has 10 heteroatoms. The van der Waals surface area contributed by atoms with Gasteiger partial charge >= 0.3 is 6.03 Å². The average molecular weight is 528 g/mol. The van der Waals surface area contributed by atoms with Crippen LogP contribution in [0.1, 0.15) is 34.7 Å². The zero-order chi connectivity index (χ0) is 27.3. The van der Waals surface area contributed by atoms with Crippen LogP contribution >= 0.6 is 0 Å². The first-order valence-corrected chi connectivity index (χ1v) is 13.0. The van der Waals surface area contributed by atoms with Crippen LogP contribution in [0.25, 0.3) is 0 Å². The molecule has 39 heavy (non-hydrogen) atoms. The summed E-state index contributed by atoms with van der Waals surface area (Å²) in [7, 11) is 3.83. The van der Waals surface area contributed by atoms with Crippen molar-refractivity contribution in [1.82, 2.24) is 19.8 Å². The van der Waals surface area contributed by atoms with Crippen molar-refractivity contribution in [3.63, 3.8) is 0 Å². The van der Waals surface area contributed by atoms with Crippen LogP contribution in [-0.4, -0.2) is 58.9 Å². The number of para-hydroxylation sites is 1. The van der Waals surface area contributed by atoms with E-state index in [4.69, 9.17) is 0 Å². The first-order chi connectivity index (χ1) is 18.8. The number of fused-ring (bicyclic) bond motifs is 3. The Balaban J connectivity index is 1.25. The Morgan fingerprint density at radius 1 is 1.08 bits per heavy atom. The summed E-state index contributed by atoms with van der Waals surface area (Å²) < 4.78 is 13.7. The zero-order valence-electron chi connectivity index (χ0n) is 22.0. The summed E-state index contributed by atoms with van der Waals surface area (Å²) in [6.07, 6.45) is 3.23. The van der Waals surface area contributed by atoms with E-state index in [1.165, 1.54) is 20.9 Å². The highest BCUT2D eigenvalue weighted by atomic mass is 19.1. The molecule has 0 saturated heterocycles. The summed E-state index contributed by atoms with van der Waals surface area (Å²) in [5.74, 6) is -0.773. The fraction of sp³-hybridized carbons (Fsp3) is 0.310. The Morgan fingerprint density at radius 2 is 1.90 bits per heavy atom. The third-order valence-electron chi connectivity index (χ3n) is 7.76. The van der Waals surface area contributed by atoms with E-state index < -0.39 is 11.7 Å². The summed E-state index contributed by atoms with van der Waals surface area (Å²) >= 11 is 0. The summed E-state index contributed by atoms with van der Waals surface area (Å²) in [5.41, 5.74) is 5.77. The molecule has 3 aliphatic rings. The van der Waals surface area contributed by atoms with Gasteiger partial charge in [-0.2, -0.15) is 4.98 Å². The quantitative estimate of drug-likeness (QED) is 0.502. The highest BCUT2D eigenvalue weighted by Crippen LogP contribution is 2.41. The molecule has 0 aliphatic carbocycles. The molecule has 3 aromatic rings. The lowest BCUT2D eigenvalue weighted by Crippen LogP contribution is -2.49. The molecule has 1 N–H and O–H groups in total. The van der Waals surface area contributed by atoms with Gasteiger partial charge in [-0.15, -0.1) is 0 Å². The number of carbonyl (C=O) groups excluding carboxylic acids is 2. The molecule has 0 unspecified atom stereocenters. The predicted molar refractivity (Wildman–Crippen MR) is 148 cm³/mol. The number of carbonyl (C=O) groups is 2. The smallest absolute Gasteiger partial charge is 0.324 e. The second-order valence-corrected chi connectivity index (χ2v) is 10.3. The van der Waals surface area contributed by atoms with Gasteiger partial charge in [0.05, 0.1) is 12.6 Å². The van der Waals surface area contributed by atoms with E-state index in [1.54, 1.807) is 30.3 Å². The molecule has 0 bridgehead atoms. The SMILES string of the molecule is C=C(F)C(=O)N1CC[C@H](N2Cc3cnc(Nc4ccc5c(c4)CCN(C)C5)nc3N(C)C2=O)c2ccccc21. The first kappa shape index (κ1) is 25.0. The van der Waals surface area contributed by atoms with Crippen molar-refractivity contribution < 1.29 is 14.0 Å². The number of urea groups is 1. The molecule has 0 radical (unpaired) electrons. The van der Waals surface area contributed by atoms with Crippen LogP contribution in [-0.2, 0) is 24.3 Å². The minimum absolute atomic E-state index is 0.195. The topological polar surface area (TPSA) is 84.9 Å². The van der Waals surface area contributed by atoms with Crippen molar-refractivity contribution in [3.05, 3.63) is 83.3 Å². The van der Waals surface area contributed by atoms with Crippen molar-refractivity contribution in [2.45, 2.75) is 32.0 Å². The van der Waals surface area contributed by atoms with Crippen LogP contribution in [0.4, 0.5) is 32.3 Å². The molecular formula is C29H30FN7O2. The molecule has 0 fully saturated rings. The Hall–Kier alpha value is -4.31. The van der Waals surface area contributed by atoms with E-state index in [9.17, 15) is 14.0 Å². The highest BCUT2D eigenvalue weighted by molar-refractivity contribution is 6.04. The standard InChI is InChI=1S/C29H30FN7O2/c1-18(30)27(38)36-13-11-25(23-6-4-5-7-24(23)36)37-17-21-15-31-28(33-26(21)35(3)29(37)39)32-22-9-8-20-16-34(2)12-10-19(20)14-22/h4-9,14-15,25H,1,10-13,16-17H2,2-3H3,(H,31,32,33)/t25-/m0/s1. The minimum Gasteiger partial charge on any atom is -0.324 e. The predicted octanol–water partition coefficient (Wildman–Crippen LogP) is 4.54. The van der Waals surface area contributed by atoms with E-state index in [0.29, 0.717) is 30.4 Å². The van der Waals surface area contributed by atoms with Gasteiger partial charge in [0.25, 0.3) is 5.91 Å². The lowest BCUT2D eigenvalue weighted by molar-refractivity contribution is -0.116. The summed E-state index contributed by atoms with van der Waals surface area (Å²) in [6.45, 7) is 5.74. The number of rotatable bonds is 4. The molecule has 1 atom stereocenters. The molecule has 200 valence electrons. The number of anilines is 4. The highest BCUT2D eigenvalue weighted by Gasteiger charge is 2.39. The van der Waals surface area contributed by atoms with Crippen LogP contribution < -0.4 is 15.1 Å². The number of hydrogen-bond donors (Lipinski definition) is 1. The van der Waals surface area contributed by atoms with E-state index in [0.717, 1.165) is 36.3 Å². The van der Waals surface area contributed by atoms with Crippen molar-refractivity contribution >= 4 is 35.1 Å².